The molecule has 0 rings (SSSR count). The number of carbonyl (C=O) groups is 3. The van der Waals surface area contributed by atoms with Crippen LogP contribution in [0.4, 0.5) is 0 Å². The first-order chi connectivity index (χ1) is 33.5. The van der Waals surface area contributed by atoms with Gasteiger partial charge in [0, 0.05) is 19.3 Å². The van der Waals surface area contributed by atoms with Gasteiger partial charge in [0.2, 0.25) is 0 Å². The molecular formula is C62H104O6. The van der Waals surface area contributed by atoms with Crippen molar-refractivity contribution in [1.82, 2.24) is 0 Å². The zero-order valence-electron chi connectivity index (χ0n) is 44.3. The lowest BCUT2D eigenvalue weighted by atomic mass is 10.1. The van der Waals surface area contributed by atoms with Gasteiger partial charge in [0.15, 0.2) is 6.10 Å². The zero-order valence-corrected chi connectivity index (χ0v) is 44.3. The van der Waals surface area contributed by atoms with E-state index in [0.29, 0.717) is 19.3 Å². The summed E-state index contributed by atoms with van der Waals surface area (Å²) < 4.78 is 16.8. The zero-order chi connectivity index (χ0) is 49.3. The largest absolute Gasteiger partial charge is 0.462 e. The van der Waals surface area contributed by atoms with Crippen LogP contribution in [0.3, 0.4) is 0 Å². The van der Waals surface area contributed by atoms with Crippen molar-refractivity contribution in [2.75, 3.05) is 13.2 Å². The Kier molecular flexibility index (Phi) is 52.9. The number of allylic oxidation sites excluding steroid dienone is 16. The van der Waals surface area contributed by atoms with Gasteiger partial charge in [-0.2, -0.15) is 0 Å². The second kappa shape index (κ2) is 55.9. The van der Waals surface area contributed by atoms with Gasteiger partial charge < -0.3 is 14.2 Å². The molecule has 1 unspecified atom stereocenters. The first-order valence-corrected chi connectivity index (χ1v) is 28.3. The fourth-order valence-electron chi connectivity index (χ4n) is 7.67. The normalized spacial score (nSPS) is 12.8. The monoisotopic (exact) mass is 945 g/mol. The molecule has 0 saturated heterocycles. The van der Waals surface area contributed by atoms with Crippen molar-refractivity contribution in [2.24, 2.45) is 0 Å². The lowest BCUT2D eigenvalue weighted by Gasteiger charge is -2.18. The van der Waals surface area contributed by atoms with Crippen molar-refractivity contribution in [3.63, 3.8) is 0 Å². The molecule has 0 bridgehead atoms. The van der Waals surface area contributed by atoms with Gasteiger partial charge in [-0.15, -0.1) is 0 Å². The third kappa shape index (κ3) is 53.3. The highest BCUT2D eigenvalue weighted by Gasteiger charge is 2.19. The fourth-order valence-corrected chi connectivity index (χ4v) is 7.67. The van der Waals surface area contributed by atoms with Crippen molar-refractivity contribution in [2.45, 2.75) is 264 Å². The quantitative estimate of drug-likeness (QED) is 0.0262. The molecule has 0 radical (unpaired) electrons. The molecule has 68 heavy (non-hydrogen) atoms. The van der Waals surface area contributed by atoms with Gasteiger partial charge in [0.25, 0.3) is 0 Å². The molecule has 1 atom stereocenters. The summed E-state index contributed by atoms with van der Waals surface area (Å²) in [5.41, 5.74) is 0. The van der Waals surface area contributed by atoms with Gasteiger partial charge in [-0.25, -0.2) is 0 Å². The summed E-state index contributed by atoms with van der Waals surface area (Å²) in [7, 11) is 0. The van der Waals surface area contributed by atoms with Gasteiger partial charge >= 0.3 is 17.9 Å². The minimum absolute atomic E-state index is 0.0951. The van der Waals surface area contributed by atoms with Gasteiger partial charge in [-0.3, -0.25) is 14.4 Å². The molecule has 388 valence electrons. The minimum Gasteiger partial charge on any atom is -0.462 e. The lowest BCUT2D eigenvalue weighted by molar-refractivity contribution is -0.167. The van der Waals surface area contributed by atoms with Crippen LogP contribution in [0.1, 0.15) is 258 Å². The summed E-state index contributed by atoms with van der Waals surface area (Å²) in [5.74, 6) is -0.938. The Balaban J connectivity index is 4.44. The smallest absolute Gasteiger partial charge is 0.306 e. The summed E-state index contributed by atoms with van der Waals surface area (Å²) in [6, 6.07) is 0. The molecule has 0 saturated carbocycles. The van der Waals surface area contributed by atoms with E-state index in [2.05, 4.69) is 118 Å². The van der Waals surface area contributed by atoms with Gasteiger partial charge in [0.05, 0.1) is 0 Å². The van der Waals surface area contributed by atoms with Crippen molar-refractivity contribution < 1.29 is 28.6 Å². The number of rotatable bonds is 50. The fraction of sp³-hybridized carbons (Fsp3) is 0.694. The molecule has 0 aromatic carbocycles. The van der Waals surface area contributed by atoms with Crippen molar-refractivity contribution in [1.29, 1.82) is 0 Å². The predicted octanol–water partition coefficient (Wildman–Crippen LogP) is 18.9. The molecule has 6 nitrogen and oxygen atoms in total. The van der Waals surface area contributed by atoms with Crippen LogP contribution in [0.5, 0.6) is 0 Å². The second-order valence-electron chi connectivity index (χ2n) is 18.6. The Bertz CT molecular complexity index is 1360. The molecule has 0 aliphatic carbocycles. The van der Waals surface area contributed by atoms with Crippen LogP contribution in [-0.4, -0.2) is 37.2 Å². The van der Waals surface area contributed by atoms with Crippen LogP contribution in [0.25, 0.3) is 0 Å². The summed E-state index contributed by atoms with van der Waals surface area (Å²) >= 11 is 0. The Labute approximate surface area is 419 Å². The van der Waals surface area contributed by atoms with E-state index in [9.17, 15) is 14.4 Å². The maximum atomic E-state index is 12.8. The van der Waals surface area contributed by atoms with Crippen LogP contribution in [-0.2, 0) is 28.6 Å². The molecule has 0 aliphatic heterocycles. The standard InChI is InChI=1S/C62H104O6/c1-4-7-10-13-16-19-22-25-27-29-31-33-34-37-40-43-46-49-52-55-61(64)67-58-59(57-66-60(63)54-51-48-45-42-39-36-24-21-18-15-12-9-6-3)68-62(65)56-53-50-47-44-41-38-35-32-30-28-26-23-20-17-14-11-8-5-2/h9,12,15-16,18-19,21-26,28,30,32,35,59H,4-8,10-11,13-14,17,20,27,29,31,33-34,36-58H2,1-3H3/b12-9-,18-15-,19-16-,24-21-,25-22-,26-23-,30-28-,35-32-. The number of ether oxygens (including phenoxy) is 3. The first-order valence-electron chi connectivity index (χ1n) is 28.3. The van der Waals surface area contributed by atoms with E-state index in [1.165, 1.54) is 109 Å². The number of hydrogen-bond donors (Lipinski definition) is 0. The van der Waals surface area contributed by atoms with E-state index in [1.54, 1.807) is 0 Å². The minimum atomic E-state index is -0.799. The van der Waals surface area contributed by atoms with E-state index < -0.39 is 6.10 Å². The Morgan fingerprint density at radius 3 is 0.926 bits per heavy atom. The van der Waals surface area contributed by atoms with Gasteiger partial charge in [0.1, 0.15) is 13.2 Å². The average Bonchev–Trinajstić information content (AvgIpc) is 3.34. The first kappa shape index (κ1) is 64.3. The van der Waals surface area contributed by atoms with Crippen molar-refractivity contribution >= 4 is 17.9 Å². The van der Waals surface area contributed by atoms with Crippen molar-refractivity contribution in [3.05, 3.63) is 97.2 Å². The molecule has 0 aromatic rings. The number of esters is 3. The highest BCUT2D eigenvalue weighted by molar-refractivity contribution is 5.71. The second-order valence-corrected chi connectivity index (χ2v) is 18.6. The molecule has 0 spiro atoms. The van der Waals surface area contributed by atoms with Crippen LogP contribution in [0, 0.1) is 0 Å². The van der Waals surface area contributed by atoms with E-state index in [0.717, 1.165) is 109 Å². The lowest BCUT2D eigenvalue weighted by Crippen LogP contribution is -2.30. The van der Waals surface area contributed by atoms with Crippen LogP contribution >= 0.6 is 0 Å². The van der Waals surface area contributed by atoms with Gasteiger partial charge in [-0.1, -0.05) is 246 Å². The highest BCUT2D eigenvalue weighted by atomic mass is 16.6. The highest BCUT2D eigenvalue weighted by Crippen LogP contribution is 2.15. The predicted molar refractivity (Wildman–Crippen MR) is 293 cm³/mol. The number of unbranched alkanes of at least 4 members (excludes halogenated alkanes) is 28. The van der Waals surface area contributed by atoms with Crippen molar-refractivity contribution in [3.8, 4) is 0 Å². The Morgan fingerprint density at radius 2 is 0.574 bits per heavy atom. The number of hydrogen-bond acceptors (Lipinski definition) is 6. The molecule has 0 amide bonds. The van der Waals surface area contributed by atoms with Gasteiger partial charge in [-0.05, 0) is 89.9 Å². The molecule has 0 aromatic heterocycles. The summed E-state index contributed by atoms with van der Waals surface area (Å²) in [5, 5.41) is 0. The molecule has 0 heterocycles. The topological polar surface area (TPSA) is 78.9 Å². The summed E-state index contributed by atoms with van der Waals surface area (Å²) in [6.07, 6.45) is 73.9. The summed E-state index contributed by atoms with van der Waals surface area (Å²) in [6.45, 7) is 6.43. The maximum Gasteiger partial charge on any atom is 0.306 e. The van der Waals surface area contributed by atoms with E-state index in [1.807, 2.05) is 0 Å². The Morgan fingerprint density at radius 1 is 0.309 bits per heavy atom. The number of carbonyl (C=O) groups excluding carboxylic acids is 3. The molecular weight excluding hydrogens is 841 g/mol. The SMILES string of the molecule is CC\C=C/C=C\C=C/CCCCCCCC(=O)OCC(COC(=O)CCCCCCCCCCCC/C=C\C=C/CCCCC)OC(=O)CCCCCCC\C=C/C=C\C=C/CCCCCCC. The molecule has 0 fully saturated rings. The summed E-state index contributed by atoms with van der Waals surface area (Å²) in [4.78, 5) is 38.1. The average molecular weight is 946 g/mol. The maximum absolute atomic E-state index is 12.8. The molecule has 0 N–H and O–H groups in total. The molecule has 6 heteroatoms. The van der Waals surface area contributed by atoms with E-state index in [-0.39, 0.29) is 31.1 Å². The van der Waals surface area contributed by atoms with Crippen LogP contribution < -0.4 is 0 Å². The van der Waals surface area contributed by atoms with E-state index in [4.69, 9.17) is 14.2 Å². The third-order valence-corrected chi connectivity index (χ3v) is 11.9. The molecule has 0 aliphatic rings. The van der Waals surface area contributed by atoms with E-state index >= 15 is 0 Å². The van der Waals surface area contributed by atoms with Crippen LogP contribution in [0.15, 0.2) is 97.2 Å². The third-order valence-electron chi connectivity index (χ3n) is 11.9. The Hall–Kier alpha value is -3.67. The van der Waals surface area contributed by atoms with Crippen LogP contribution in [0.2, 0.25) is 0 Å².